The summed E-state index contributed by atoms with van der Waals surface area (Å²) in [5, 5.41) is 4.12. The largest absolute Gasteiger partial charge is 0.379 e. The van der Waals surface area contributed by atoms with Crippen LogP contribution in [0.25, 0.3) is 11.2 Å². The van der Waals surface area contributed by atoms with Crippen molar-refractivity contribution in [1.29, 1.82) is 0 Å². The average molecular weight is 438 g/mol. The molecular weight excluding hydrogens is 417 g/mol. The molecule has 1 aromatic carbocycles. The first-order valence-electron chi connectivity index (χ1n) is 9.31. The second-order valence-electron chi connectivity index (χ2n) is 7.21. The molecule has 0 saturated carbocycles. The van der Waals surface area contributed by atoms with Gasteiger partial charge in [-0.3, -0.25) is 13.9 Å². The van der Waals surface area contributed by atoms with Crippen LogP contribution in [0, 0.1) is 0 Å². The fourth-order valence-corrected chi connectivity index (χ4v) is 3.89. The molecule has 1 saturated heterocycles. The molecule has 2 aromatic heterocycles. The molecule has 29 heavy (non-hydrogen) atoms. The summed E-state index contributed by atoms with van der Waals surface area (Å²) < 4.78 is 9.75. The van der Waals surface area contributed by atoms with Crippen LogP contribution >= 0.6 is 23.2 Å². The molecule has 4 rings (SSSR count). The van der Waals surface area contributed by atoms with E-state index >= 15 is 0 Å². The van der Waals surface area contributed by atoms with Crippen LogP contribution in [0.4, 0.5) is 5.95 Å². The molecule has 8 nitrogen and oxygen atoms in total. The molecule has 0 aliphatic carbocycles. The van der Waals surface area contributed by atoms with E-state index in [0.29, 0.717) is 39.3 Å². The lowest BCUT2D eigenvalue weighted by molar-refractivity contribution is 0.0873. The predicted molar refractivity (Wildman–Crippen MR) is 113 cm³/mol. The minimum atomic E-state index is -0.445. The molecule has 1 aliphatic heterocycles. The Labute approximate surface area is 176 Å². The van der Waals surface area contributed by atoms with Crippen LogP contribution in [0.3, 0.4) is 0 Å². The van der Waals surface area contributed by atoms with Crippen LogP contribution in [0.15, 0.2) is 27.8 Å². The van der Waals surface area contributed by atoms with Crippen molar-refractivity contribution in [2.24, 2.45) is 14.1 Å². The number of aryl methyl sites for hydroxylation is 2. The maximum Gasteiger partial charge on any atom is 0.332 e. The Morgan fingerprint density at radius 3 is 2.69 bits per heavy atom. The van der Waals surface area contributed by atoms with E-state index in [9.17, 15) is 9.59 Å². The number of anilines is 1. The highest BCUT2D eigenvalue weighted by atomic mass is 35.5. The van der Waals surface area contributed by atoms with Gasteiger partial charge in [-0.2, -0.15) is 4.98 Å². The van der Waals surface area contributed by atoms with Gasteiger partial charge in [0.05, 0.1) is 29.2 Å². The second kappa shape index (κ2) is 7.85. The summed E-state index contributed by atoms with van der Waals surface area (Å²) in [7, 11) is 3.37. The number of hydrogen-bond acceptors (Lipinski definition) is 5. The molecule has 0 amide bonds. The Morgan fingerprint density at radius 1 is 1.21 bits per heavy atom. The molecule has 0 radical (unpaired) electrons. The topological polar surface area (TPSA) is 83.1 Å². The highest BCUT2D eigenvalue weighted by molar-refractivity contribution is 6.42. The number of fused-ring (bicyclic) bond motifs is 1. The molecule has 1 N–H and O–H groups in total. The SMILES string of the molecule is Cn1c(N[C@H]2CCCOC2)nc2c1c(=O)n(Cc1ccc(Cl)c(Cl)c1)c(=O)n2C. The van der Waals surface area contributed by atoms with Gasteiger partial charge < -0.3 is 14.6 Å². The fraction of sp³-hybridized carbons (Fsp3) is 0.421. The summed E-state index contributed by atoms with van der Waals surface area (Å²) in [6.07, 6.45) is 1.93. The zero-order valence-corrected chi connectivity index (χ0v) is 17.6. The summed E-state index contributed by atoms with van der Waals surface area (Å²) in [6.45, 7) is 1.43. The molecule has 1 fully saturated rings. The summed E-state index contributed by atoms with van der Waals surface area (Å²) >= 11 is 12.0. The number of ether oxygens (including phenoxy) is 1. The summed E-state index contributed by atoms with van der Waals surface area (Å²) in [5.74, 6) is 0.537. The number of rotatable bonds is 4. The zero-order chi connectivity index (χ0) is 20.7. The van der Waals surface area contributed by atoms with E-state index in [4.69, 9.17) is 27.9 Å². The molecule has 3 aromatic rings. The van der Waals surface area contributed by atoms with Crippen LogP contribution in [0.2, 0.25) is 10.0 Å². The van der Waals surface area contributed by atoms with E-state index in [0.717, 1.165) is 19.4 Å². The van der Waals surface area contributed by atoms with E-state index in [-0.39, 0.29) is 12.6 Å². The molecule has 1 atom stereocenters. The molecule has 1 aliphatic rings. The third-order valence-corrected chi connectivity index (χ3v) is 5.92. The smallest absolute Gasteiger partial charge is 0.332 e. The first kappa shape index (κ1) is 20.0. The van der Waals surface area contributed by atoms with Gasteiger partial charge in [0.15, 0.2) is 11.2 Å². The standard InChI is InChI=1S/C19H21Cl2N5O3/c1-24-15-16(23-18(24)22-12-4-3-7-29-10-12)25(2)19(28)26(17(15)27)9-11-5-6-13(20)14(21)8-11/h5-6,8,12H,3-4,7,9-10H2,1-2H3,(H,22,23)/t12-/m0/s1. The Balaban J connectivity index is 1.78. The van der Waals surface area contributed by atoms with Gasteiger partial charge in [-0.1, -0.05) is 29.3 Å². The van der Waals surface area contributed by atoms with Crippen LogP contribution in [-0.4, -0.2) is 37.9 Å². The van der Waals surface area contributed by atoms with Crippen molar-refractivity contribution < 1.29 is 4.74 Å². The highest BCUT2D eigenvalue weighted by Crippen LogP contribution is 2.23. The van der Waals surface area contributed by atoms with E-state index in [1.807, 2.05) is 0 Å². The highest BCUT2D eigenvalue weighted by Gasteiger charge is 2.21. The molecule has 0 bridgehead atoms. The Morgan fingerprint density at radius 2 is 2.00 bits per heavy atom. The van der Waals surface area contributed by atoms with Gasteiger partial charge in [0.1, 0.15) is 0 Å². The number of nitrogens with one attached hydrogen (secondary N) is 1. The van der Waals surface area contributed by atoms with Gasteiger partial charge in [-0.25, -0.2) is 4.79 Å². The summed E-state index contributed by atoms with van der Waals surface area (Å²) in [4.78, 5) is 30.5. The molecule has 0 unspecified atom stereocenters. The van der Waals surface area contributed by atoms with Crippen molar-refractivity contribution >= 4 is 40.3 Å². The van der Waals surface area contributed by atoms with Gasteiger partial charge in [-0.15, -0.1) is 0 Å². The number of imidazole rings is 1. The molecule has 154 valence electrons. The van der Waals surface area contributed by atoms with Crippen molar-refractivity contribution in [3.8, 4) is 0 Å². The number of aromatic nitrogens is 4. The number of halogens is 2. The molecule has 0 spiro atoms. The monoisotopic (exact) mass is 437 g/mol. The van der Waals surface area contributed by atoms with Gasteiger partial charge in [0.25, 0.3) is 5.56 Å². The van der Waals surface area contributed by atoms with Crippen molar-refractivity contribution in [2.75, 3.05) is 18.5 Å². The first-order valence-corrected chi connectivity index (χ1v) is 10.1. The van der Waals surface area contributed by atoms with E-state index in [1.165, 1.54) is 9.13 Å². The first-order chi connectivity index (χ1) is 13.9. The van der Waals surface area contributed by atoms with E-state index in [2.05, 4.69) is 10.3 Å². The number of nitrogens with zero attached hydrogens (tertiary/aromatic N) is 4. The summed E-state index contributed by atoms with van der Waals surface area (Å²) in [6, 6.07) is 5.16. The van der Waals surface area contributed by atoms with Gasteiger partial charge in [0, 0.05) is 20.7 Å². The quantitative estimate of drug-likeness (QED) is 0.677. The average Bonchev–Trinajstić information content (AvgIpc) is 3.03. The lowest BCUT2D eigenvalue weighted by atomic mass is 10.1. The lowest BCUT2D eigenvalue weighted by Gasteiger charge is -2.23. The third-order valence-electron chi connectivity index (χ3n) is 5.18. The van der Waals surface area contributed by atoms with Crippen LogP contribution < -0.4 is 16.6 Å². The van der Waals surface area contributed by atoms with Gasteiger partial charge in [-0.05, 0) is 30.5 Å². The van der Waals surface area contributed by atoms with Gasteiger partial charge in [0.2, 0.25) is 5.95 Å². The lowest BCUT2D eigenvalue weighted by Crippen LogP contribution is -2.39. The van der Waals surface area contributed by atoms with E-state index in [1.54, 1.807) is 36.9 Å². The maximum absolute atomic E-state index is 13.2. The Bertz CT molecular complexity index is 1190. The van der Waals surface area contributed by atoms with Crippen molar-refractivity contribution in [3.63, 3.8) is 0 Å². The Hall–Kier alpha value is -2.29. The summed E-state index contributed by atoms with van der Waals surface area (Å²) in [5.41, 5.74) is 0.549. The van der Waals surface area contributed by atoms with Crippen molar-refractivity contribution in [1.82, 2.24) is 18.7 Å². The van der Waals surface area contributed by atoms with E-state index < -0.39 is 11.2 Å². The predicted octanol–water partition coefficient (Wildman–Crippen LogP) is 2.38. The molecule has 10 heteroatoms. The number of benzene rings is 1. The zero-order valence-electron chi connectivity index (χ0n) is 16.1. The van der Waals surface area contributed by atoms with Crippen LogP contribution in [0.5, 0.6) is 0 Å². The van der Waals surface area contributed by atoms with Crippen molar-refractivity contribution in [3.05, 3.63) is 54.6 Å². The normalized spacial score (nSPS) is 17.0. The number of hydrogen-bond donors (Lipinski definition) is 1. The van der Waals surface area contributed by atoms with Gasteiger partial charge >= 0.3 is 5.69 Å². The third kappa shape index (κ3) is 3.68. The minimum Gasteiger partial charge on any atom is -0.379 e. The van der Waals surface area contributed by atoms with Crippen LogP contribution in [-0.2, 0) is 25.4 Å². The molecule has 3 heterocycles. The Kier molecular flexibility index (Phi) is 5.42. The minimum absolute atomic E-state index is 0.0861. The maximum atomic E-state index is 13.2. The van der Waals surface area contributed by atoms with Crippen molar-refractivity contribution in [2.45, 2.75) is 25.4 Å². The molecular formula is C19H21Cl2N5O3. The fourth-order valence-electron chi connectivity index (χ4n) is 3.57. The second-order valence-corrected chi connectivity index (χ2v) is 8.02. The van der Waals surface area contributed by atoms with Crippen LogP contribution in [0.1, 0.15) is 18.4 Å².